The molecule has 146 valence electrons. The molecule has 0 aromatic heterocycles. The number of hydrogen-bond acceptors (Lipinski definition) is 4. The van der Waals surface area contributed by atoms with Gasteiger partial charge in [0.1, 0.15) is 5.57 Å². The largest absolute Gasteiger partial charge is 0.465 e. The molecule has 1 unspecified atom stereocenters. The topological polar surface area (TPSA) is 67.8 Å². The zero-order valence-corrected chi connectivity index (χ0v) is 15.3. The minimum Gasteiger partial charge on any atom is -0.465 e. The number of fused-ring (bicyclic) bond motifs is 1. The van der Waals surface area contributed by atoms with E-state index in [2.05, 4.69) is 15.0 Å². The lowest BCUT2D eigenvalue weighted by Crippen LogP contribution is -2.36. The van der Waals surface area contributed by atoms with Crippen LogP contribution >= 0.6 is 11.6 Å². The summed E-state index contributed by atoms with van der Waals surface area (Å²) in [6.07, 6.45) is 0.244. The number of allylic oxidation sites excluding steroid dienone is 4. The van der Waals surface area contributed by atoms with Gasteiger partial charge in [-0.05, 0) is 17.7 Å². The van der Waals surface area contributed by atoms with Crippen LogP contribution in [0.4, 0.5) is 13.2 Å². The number of carbonyl (C=O) groups is 2. The van der Waals surface area contributed by atoms with Crippen molar-refractivity contribution < 1.29 is 27.5 Å². The van der Waals surface area contributed by atoms with E-state index >= 15 is 0 Å². The number of rotatable bonds is 4. The van der Waals surface area contributed by atoms with Crippen molar-refractivity contribution in [1.82, 2.24) is 5.32 Å². The summed E-state index contributed by atoms with van der Waals surface area (Å²) >= 11 is 6.10. The first-order chi connectivity index (χ1) is 13.2. The van der Waals surface area contributed by atoms with Gasteiger partial charge in [0.15, 0.2) is 0 Å². The number of carbonyl (C=O) groups excluding carboxylic acids is 2. The number of benzene rings is 1. The molecule has 1 heterocycles. The van der Waals surface area contributed by atoms with Crippen molar-refractivity contribution in [2.75, 3.05) is 7.11 Å². The first-order valence-corrected chi connectivity index (χ1v) is 8.50. The lowest BCUT2D eigenvalue weighted by atomic mass is 9.88. The summed E-state index contributed by atoms with van der Waals surface area (Å²) in [7, 11) is 1.10. The lowest BCUT2D eigenvalue weighted by Gasteiger charge is -2.28. The lowest BCUT2D eigenvalue weighted by molar-refractivity contribution is -0.139. The van der Waals surface area contributed by atoms with Gasteiger partial charge >= 0.3 is 12.1 Å². The number of methoxy groups -OCH3 is 1. The molecule has 1 atom stereocenters. The van der Waals surface area contributed by atoms with Gasteiger partial charge in [-0.2, -0.15) is 13.2 Å². The second-order valence-electron chi connectivity index (χ2n) is 5.97. The molecular formula is C19H14ClF3N2O3. The van der Waals surface area contributed by atoms with Crippen LogP contribution in [0.2, 0.25) is 0 Å². The molecular weight excluding hydrogens is 397 g/mol. The fourth-order valence-electron chi connectivity index (χ4n) is 3.01. The maximum atomic E-state index is 13.2. The molecule has 0 radical (unpaired) electrons. The summed E-state index contributed by atoms with van der Waals surface area (Å²) in [5, 5.41) is 3.01. The Hall–Kier alpha value is -2.87. The SMILES string of the molecule is COC(=O)C1=C(NCc2ccccc2C(F)(F)F)C2C=CC=C(Cl)C2=NC1=O. The van der Waals surface area contributed by atoms with Crippen LogP contribution in [0, 0.1) is 5.92 Å². The summed E-state index contributed by atoms with van der Waals surface area (Å²) in [4.78, 5) is 28.3. The number of hydrogen-bond donors (Lipinski definition) is 1. The van der Waals surface area contributed by atoms with Crippen LogP contribution in [0.5, 0.6) is 0 Å². The Morgan fingerprint density at radius 1 is 1.32 bits per heavy atom. The Balaban J connectivity index is 2.00. The highest BCUT2D eigenvalue weighted by atomic mass is 35.5. The van der Waals surface area contributed by atoms with E-state index in [1.54, 1.807) is 12.2 Å². The van der Waals surface area contributed by atoms with Crippen molar-refractivity contribution in [3.05, 3.63) is 69.9 Å². The zero-order chi connectivity index (χ0) is 20.5. The maximum absolute atomic E-state index is 13.2. The number of nitrogens with one attached hydrogen (secondary N) is 1. The number of amides is 1. The third-order valence-electron chi connectivity index (χ3n) is 4.28. The van der Waals surface area contributed by atoms with Crippen molar-refractivity contribution in [2.45, 2.75) is 12.7 Å². The van der Waals surface area contributed by atoms with Crippen molar-refractivity contribution in [3.8, 4) is 0 Å². The molecule has 9 heteroatoms. The number of aliphatic imine (C=N–C) groups is 1. The molecule has 28 heavy (non-hydrogen) atoms. The fraction of sp³-hybridized carbons (Fsp3) is 0.211. The third kappa shape index (κ3) is 3.73. The van der Waals surface area contributed by atoms with Crippen LogP contribution < -0.4 is 5.32 Å². The first-order valence-electron chi connectivity index (χ1n) is 8.12. The van der Waals surface area contributed by atoms with Gasteiger partial charge in [-0.3, -0.25) is 4.79 Å². The van der Waals surface area contributed by atoms with Crippen molar-refractivity contribution in [2.24, 2.45) is 10.9 Å². The number of dihydropyridines is 1. The minimum atomic E-state index is -4.54. The average Bonchev–Trinajstić information content (AvgIpc) is 2.65. The second kappa shape index (κ2) is 7.63. The van der Waals surface area contributed by atoms with Crippen LogP contribution in [0.1, 0.15) is 11.1 Å². The Morgan fingerprint density at radius 2 is 2.04 bits per heavy atom. The normalized spacial score (nSPS) is 19.0. The molecule has 1 N–H and O–H groups in total. The van der Waals surface area contributed by atoms with Crippen LogP contribution in [0.25, 0.3) is 0 Å². The van der Waals surface area contributed by atoms with E-state index in [-0.39, 0.29) is 34.1 Å². The monoisotopic (exact) mass is 410 g/mol. The molecule has 0 spiro atoms. The number of esters is 1. The van der Waals surface area contributed by atoms with E-state index in [4.69, 9.17) is 11.6 Å². The molecule has 1 aliphatic heterocycles. The Morgan fingerprint density at radius 3 is 2.71 bits per heavy atom. The van der Waals surface area contributed by atoms with Gasteiger partial charge in [-0.15, -0.1) is 0 Å². The van der Waals surface area contributed by atoms with Gasteiger partial charge in [0.25, 0.3) is 5.91 Å². The standard InChI is InChI=1S/C19H14ClF3N2O3/c1-28-18(27)14-16(11-6-4-8-13(20)15(11)25-17(14)26)24-9-10-5-2-3-7-12(10)19(21,22)23/h2-8,11,24H,9H2,1H3. The first kappa shape index (κ1) is 19.9. The third-order valence-corrected chi connectivity index (χ3v) is 4.60. The number of alkyl halides is 3. The van der Waals surface area contributed by atoms with Crippen LogP contribution in [0.15, 0.2) is 63.8 Å². The van der Waals surface area contributed by atoms with Crippen molar-refractivity contribution in [3.63, 3.8) is 0 Å². The minimum absolute atomic E-state index is 0.0374. The molecule has 0 saturated heterocycles. The fourth-order valence-corrected chi connectivity index (χ4v) is 3.24. The molecule has 0 bridgehead atoms. The predicted octanol–water partition coefficient (Wildman–Crippen LogP) is 3.51. The molecule has 5 nitrogen and oxygen atoms in total. The zero-order valence-electron chi connectivity index (χ0n) is 14.5. The molecule has 1 aromatic carbocycles. The molecule has 2 aliphatic rings. The second-order valence-corrected chi connectivity index (χ2v) is 6.38. The molecule has 1 amide bonds. The maximum Gasteiger partial charge on any atom is 0.416 e. The van der Waals surface area contributed by atoms with E-state index in [1.807, 2.05) is 0 Å². The summed E-state index contributed by atoms with van der Waals surface area (Å²) < 4.78 is 44.3. The summed E-state index contributed by atoms with van der Waals surface area (Å²) in [6, 6.07) is 5.04. The molecule has 0 fully saturated rings. The van der Waals surface area contributed by atoms with E-state index in [1.165, 1.54) is 24.3 Å². The van der Waals surface area contributed by atoms with Crippen molar-refractivity contribution in [1.29, 1.82) is 0 Å². The highest BCUT2D eigenvalue weighted by Crippen LogP contribution is 2.34. The Bertz CT molecular complexity index is 961. The Labute approximate surface area is 163 Å². The van der Waals surface area contributed by atoms with Gasteiger partial charge in [-0.1, -0.05) is 42.0 Å². The molecule has 0 saturated carbocycles. The van der Waals surface area contributed by atoms with E-state index in [9.17, 15) is 22.8 Å². The van der Waals surface area contributed by atoms with E-state index in [0.29, 0.717) is 0 Å². The van der Waals surface area contributed by atoms with Gasteiger partial charge < -0.3 is 10.1 Å². The highest BCUT2D eigenvalue weighted by Gasteiger charge is 2.37. The molecule has 1 aromatic rings. The van der Waals surface area contributed by atoms with Crippen LogP contribution in [-0.2, 0) is 27.0 Å². The van der Waals surface area contributed by atoms with Crippen molar-refractivity contribution >= 4 is 29.2 Å². The molecule has 3 rings (SSSR count). The summed E-state index contributed by atoms with van der Waals surface area (Å²) in [6.45, 7) is -0.266. The van der Waals surface area contributed by atoms with Gasteiger partial charge in [-0.25, -0.2) is 9.79 Å². The van der Waals surface area contributed by atoms with Gasteiger partial charge in [0.05, 0.1) is 29.3 Å². The number of halogens is 4. The van der Waals surface area contributed by atoms with Crippen LogP contribution in [0.3, 0.4) is 0 Å². The van der Waals surface area contributed by atoms with E-state index < -0.39 is 29.5 Å². The highest BCUT2D eigenvalue weighted by molar-refractivity contribution is 6.46. The van der Waals surface area contributed by atoms with E-state index in [0.717, 1.165) is 13.2 Å². The van der Waals surface area contributed by atoms with Crippen LogP contribution in [-0.4, -0.2) is 24.7 Å². The smallest absolute Gasteiger partial charge is 0.416 e. The Kier molecular flexibility index (Phi) is 5.42. The van der Waals surface area contributed by atoms with Gasteiger partial charge in [0.2, 0.25) is 0 Å². The average molecular weight is 411 g/mol. The molecule has 1 aliphatic carbocycles. The summed E-state index contributed by atoms with van der Waals surface area (Å²) in [5.74, 6) is -2.48. The number of nitrogens with zero attached hydrogens (tertiary/aromatic N) is 1. The van der Waals surface area contributed by atoms with Gasteiger partial charge in [0, 0.05) is 12.2 Å². The quantitative estimate of drug-likeness (QED) is 0.609. The predicted molar refractivity (Wildman–Crippen MR) is 96.3 cm³/mol. The number of ether oxygens (including phenoxy) is 1. The summed E-state index contributed by atoms with van der Waals surface area (Å²) in [5.41, 5.74) is -0.896.